The third kappa shape index (κ3) is 2.91. The van der Waals surface area contributed by atoms with Gasteiger partial charge in [-0.3, -0.25) is 24.5 Å². The van der Waals surface area contributed by atoms with Gasteiger partial charge in [0.15, 0.2) is 5.78 Å². The largest absolute Gasteiger partial charge is 0.497 e. The number of hydrogen-bond acceptors (Lipinski definition) is 8. The molecule has 0 unspecified atom stereocenters. The van der Waals surface area contributed by atoms with E-state index in [0.29, 0.717) is 5.75 Å². The number of methoxy groups -OCH3 is 2. The molecule has 0 aliphatic carbocycles. The number of benzene rings is 2. The van der Waals surface area contributed by atoms with Crippen LogP contribution < -0.4 is 19.3 Å². The first-order chi connectivity index (χ1) is 16.3. The SMILES string of the molecule is COc1ccc2c(c1)C=C[C@@H]1[C@@H]3C(=O)N(c4cc([N+](=O)[O-])ccc4OC)C(=O)[C@@H]3[C@@H](C(C)=O)N21. The molecule has 3 heterocycles. The van der Waals surface area contributed by atoms with Crippen LogP contribution in [0, 0.1) is 22.0 Å². The van der Waals surface area contributed by atoms with Crippen LogP contribution in [0.25, 0.3) is 6.08 Å². The van der Waals surface area contributed by atoms with E-state index in [-0.39, 0.29) is 22.9 Å². The summed E-state index contributed by atoms with van der Waals surface area (Å²) in [6.45, 7) is 1.40. The number of Topliss-reactive ketones (excluding diaryl/α,β-unsaturated/α-hetero) is 1. The van der Waals surface area contributed by atoms with Crippen molar-refractivity contribution in [2.24, 2.45) is 11.8 Å². The van der Waals surface area contributed by atoms with Gasteiger partial charge in [-0.05, 0) is 31.2 Å². The second kappa shape index (κ2) is 7.68. The number of amides is 2. The maximum Gasteiger partial charge on any atom is 0.271 e. The first kappa shape index (κ1) is 21.6. The fourth-order valence-electron chi connectivity index (χ4n) is 5.34. The highest BCUT2D eigenvalue weighted by Crippen LogP contribution is 2.50. The van der Waals surface area contributed by atoms with E-state index in [9.17, 15) is 24.5 Å². The predicted molar refractivity (Wildman–Crippen MR) is 122 cm³/mol. The Bertz CT molecular complexity index is 1290. The number of ketones is 1. The third-order valence-electron chi connectivity index (χ3n) is 6.74. The maximum atomic E-state index is 13.7. The smallest absolute Gasteiger partial charge is 0.271 e. The number of rotatable bonds is 5. The van der Waals surface area contributed by atoms with Crippen molar-refractivity contribution in [2.75, 3.05) is 24.0 Å². The second-order valence-electron chi connectivity index (χ2n) is 8.41. The average molecular weight is 463 g/mol. The molecule has 4 atom stereocenters. The summed E-state index contributed by atoms with van der Waals surface area (Å²) in [5.41, 5.74) is 1.28. The summed E-state index contributed by atoms with van der Waals surface area (Å²) in [5.74, 6) is -2.30. The highest BCUT2D eigenvalue weighted by molar-refractivity contribution is 6.25. The van der Waals surface area contributed by atoms with E-state index < -0.39 is 40.7 Å². The van der Waals surface area contributed by atoms with Crippen LogP contribution in [0.2, 0.25) is 0 Å². The van der Waals surface area contributed by atoms with Gasteiger partial charge >= 0.3 is 0 Å². The molecule has 34 heavy (non-hydrogen) atoms. The highest BCUT2D eigenvalue weighted by atomic mass is 16.6. The molecule has 5 rings (SSSR count). The molecular weight excluding hydrogens is 442 g/mol. The fraction of sp³-hybridized carbons (Fsp3) is 0.292. The third-order valence-corrected chi connectivity index (χ3v) is 6.74. The molecule has 0 N–H and O–H groups in total. The molecule has 2 saturated heterocycles. The van der Waals surface area contributed by atoms with Gasteiger partial charge in [0.1, 0.15) is 23.2 Å². The van der Waals surface area contributed by atoms with Crippen molar-refractivity contribution in [2.45, 2.75) is 19.0 Å². The van der Waals surface area contributed by atoms with Crippen molar-refractivity contribution in [1.82, 2.24) is 0 Å². The van der Waals surface area contributed by atoms with Crippen LogP contribution in [-0.4, -0.2) is 48.8 Å². The minimum absolute atomic E-state index is 0.000113. The normalized spacial score (nSPS) is 24.6. The molecule has 0 bridgehead atoms. The van der Waals surface area contributed by atoms with Gasteiger partial charge in [-0.1, -0.05) is 12.2 Å². The van der Waals surface area contributed by atoms with Crippen molar-refractivity contribution in [1.29, 1.82) is 0 Å². The van der Waals surface area contributed by atoms with Crippen molar-refractivity contribution in [3.8, 4) is 11.5 Å². The van der Waals surface area contributed by atoms with Crippen LogP contribution in [0.1, 0.15) is 12.5 Å². The van der Waals surface area contributed by atoms with Crippen LogP contribution in [0.3, 0.4) is 0 Å². The molecular formula is C24H21N3O7. The molecule has 10 nitrogen and oxygen atoms in total. The molecule has 3 aliphatic heterocycles. The summed E-state index contributed by atoms with van der Waals surface area (Å²) in [4.78, 5) is 53.7. The lowest BCUT2D eigenvalue weighted by atomic mass is 9.88. The van der Waals surface area contributed by atoms with E-state index in [2.05, 4.69) is 0 Å². The van der Waals surface area contributed by atoms with Gasteiger partial charge in [0.25, 0.3) is 5.69 Å². The Morgan fingerprint density at radius 2 is 1.74 bits per heavy atom. The Morgan fingerprint density at radius 1 is 1.00 bits per heavy atom. The molecule has 174 valence electrons. The Kier molecular flexibility index (Phi) is 4.89. The van der Waals surface area contributed by atoms with Crippen molar-refractivity contribution < 1.29 is 28.8 Å². The molecule has 0 aromatic heterocycles. The van der Waals surface area contributed by atoms with E-state index in [1.54, 1.807) is 13.2 Å². The van der Waals surface area contributed by atoms with E-state index in [0.717, 1.165) is 22.2 Å². The van der Waals surface area contributed by atoms with E-state index in [1.807, 2.05) is 29.2 Å². The highest BCUT2D eigenvalue weighted by Gasteiger charge is 2.64. The van der Waals surface area contributed by atoms with Gasteiger partial charge in [-0.15, -0.1) is 0 Å². The van der Waals surface area contributed by atoms with Crippen molar-refractivity contribution >= 4 is 40.7 Å². The Morgan fingerprint density at radius 3 is 2.38 bits per heavy atom. The van der Waals surface area contributed by atoms with Crippen LogP contribution in [-0.2, 0) is 14.4 Å². The maximum absolute atomic E-state index is 13.7. The number of ether oxygens (including phenoxy) is 2. The number of fused-ring (bicyclic) bond motifs is 5. The lowest BCUT2D eigenvalue weighted by Crippen LogP contribution is -2.48. The molecule has 2 fully saturated rings. The minimum atomic E-state index is -0.934. The number of non-ortho nitro benzene ring substituents is 1. The number of nitro groups is 1. The van der Waals surface area contributed by atoms with Crippen LogP contribution >= 0.6 is 0 Å². The van der Waals surface area contributed by atoms with Crippen LogP contribution in [0.4, 0.5) is 17.1 Å². The number of nitro benzene ring substituents is 1. The lowest BCUT2D eigenvalue weighted by molar-refractivity contribution is -0.384. The lowest BCUT2D eigenvalue weighted by Gasteiger charge is -2.36. The minimum Gasteiger partial charge on any atom is -0.497 e. The van der Waals surface area contributed by atoms with E-state index in [1.165, 1.54) is 26.2 Å². The van der Waals surface area contributed by atoms with Gasteiger partial charge in [0, 0.05) is 23.4 Å². The summed E-state index contributed by atoms with van der Waals surface area (Å²) in [6.07, 6.45) is 3.68. The number of nitrogens with zero attached hydrogens (tertiary/aromatic N) is 3. The summed E-state index contributed by atoms with van der Waals surface area (Å²) in [6, 6.07) is 7.77. The van der Waals surface area contributed by atoms with E-state index in [4.69, 9.17) is 9.47 Å². The van der Waals surface area contributed by atoms with Gasteiger partial charge < -0.3 is 14.4 Å². The Labute approximate surface area is 194 Å². The molecule has 10 heteroatoms. The van der Waals surface area contributed by atoms with Crippen LogP contribution in [0.5, 0.6) is 11.5 Å². The van der Waals surface area contributed by atoms with Crippen molar-refractivity contribution in [3.05, 3.63) is 58.2 Å². The molecule has 2 aromatic carbocycles. The van der Waals surface area contributed by atoms with Gasteiger partial charge in [-0.2, -0.15) is 0 Å². The number of imide groups is 1. The van der Waals surface area contributed by atoms with Gasteiger partial charge in [0.2, 0.25) is 11.8 Å². The molecule has 0 spiro atoms. The zero-order chi connectivity index (χ0) is 24.3. The van der Waals surface area contributed by atoms with Crippen LogP contribution in [0.15, 0.2) is 42.5 Å². The topological polar surface area (TPSA) is 119 Å². The molecule has 2 aromatic rings. The zero-order valence-electron chi connectivity index (χ0n) is 18.6. The fourth-order valence-corrected chi connectivity index (χ4v) is 5.34. The molecule has 3 aliphatic rings. The molecule has 0 saturated carbocycles. The summed E-state index contributed by atoms with van der Waals surface area (Å²) in [7, 11) is 2.91. The monoisotopic (exact) mass is 463 g/mol. The van der Waals surface area contributed by atoms with Crippen molar-refractivity contribution in [3.63, 3.8) is 0 Å². The first-order valence-corrected chi connectivity index (χ1v) is 10.6. The second-order valence-corrected chi connectivity index (χ2v) is 8.41. The number of hydrogen-bond donors (Lipinski definition) is 0. The number of carbonyl (C=O) groups excluding carboxylic acids is 3. The Balaban J connectivity index is 1.62. The number of anilines is 2. The molecule has 2 amide bonds. The average Bonchev–Trinajstić information content (AvgIpc) is 3.31. The quantitative estimate of drug-likeness (QED) is 0.377. The summed E-state index contributed by atoms with van der Waals surface area (Å²) < 4.78 is 10.6. The van der Waals surface area contributed by atoms with Gasteiger partial charge in [-0.25, -0.2) is 4.90 Å². The zero-order valence-corrected chi connectivity index (χ0v) is 18.6. The molecule has 0 radical (unpaired) electrons. The predicted octanol–water partition coefficient (Wildman–Crippen LogP) is 2.59. The standard InChI is InChI=1S/C24H21N3O7/c1-12(28)22-21-20(17-7-4-13-10-15(33-2)6-8-16(13)25(17)22)23(29)26(24(21)30)18-11-14(27(31)32)5-9-19(18)34-3/h4-11,17,20-22H,1-3H3/t17-,20+,21+,22-/m1/s1. The first-order valence-electron chi connectivity index (χ1n) is 10.6. The number of carbonyl (C=O) groups is 3. The summed E-state index contributed by atoms with van der Waals surface area (Å²) >= 11 is 0. The van der Waals surface area contributed by atoms with Gasteiger partial charge in [0.05, 0.1) is 37.0 Å². The summed E-state index contributed by atoms with van der Waals surface area (Å²) in [5, 5.41) is 11.3. The Hall–Kier alpha value is -4.21. The van der Waals surface area contributed by atoms with E-state index >= 15 is 0 Å².